The van der Waals surface area contributed by atoms with Crippen molar-refractivity contribution in [2.24, 2.45) is 0 Å². The van der Waals surface area contributed by atoms with Crippen molar-refractivity contribution in [3.05, 3.63) is 0 Å². The topological polar surface area (TPSA) is 83.9 Å². The number of nitrogens with zero attached hydrogens (tertiary/aromatic N) is 1. The standard InChI is InChI=1S/C11H17NO5/c1-2-17-11(16)7-12(8-3-4-8)9(13)5-6-10(14)15/h8H,2-7H2,1H3,(H,14,15). The molecule has 6 nitrogen and oxygen atoms in total. The van der Waals surface area contributed by atoms with Crippen molar-refractivity contribution in [1.82, 2.24) is 4.90 Å². The van der Waals surface area contributed by atoms with Crippen LogP contribution in [0.4, 0.5) is 0 Å². The first-order valence-corrected chi connectivity index (χ1v) is 5.71. The van der Waals surface area contributed by atoms with Crippen molar-refractivity contribution in [2.75, 3.05) is 13.2 Å². The summed E-state index contributed by atoms with van der Waals surface area (Å²) in [6.07, 6.45) is 1.48. The quantitative estimate of drug-likeness (QED) is 0.654. The van der Waals surface area contributed by atoms with Gasteiger partial charge in [-0.3, -0.25) is 14.4 Å². The zero-order valence-electron chi connectivity index (χ0n) is 9.85. The number of carboxylic acid groups (broad SMARTS) is 1. The molecule has 1 N–H and O–H groups in total. The Morgan fingerprint density at radius 1 is 1.29 bits per heavy atom. The molecule has 1 aliphatic rings. The van der Waals surface area contributed by atoms with Gasteiger partial charge in [-0.15, -0.1) is 0 Å². The Kier molecular flexibility index (Phi) is 4.93. The largest absolute Gasteiger partial charge is 0.481 e. The molecular formula is C11H17NO5. The monoisotopic (exact) mass is 243 g/mol. The molecule has 6 heteroatoms. The molecule has 0 bridgehead atoms. The lowest BCUT2D eigenvalue weighted by molar-refractivity contribution is -0.149. The van der Waals surface area contributed by atoms with E-state index in [1.165, 1.54) is 4.90 Å². The van der Waals surface area contributed by atoms with E-state index in [-0.39, 0.29) is 37.9 Å². The molecule has 0 heterocycles. The molecule has 0 aromatic rings. The van der Waals surface area contributed by atoms with Gasteiger partial charge in [0.15, 0.2) is 0 Å². The number of hydrogen-bond acceptors (Lipinski definition) is 4. The van der Waals surface area contributed by atoms with Gasteiger partial charge in [-0.1, -0.05) is 0 Å². The number of carbonyl (C=O) groups excluding carboxylic acids is 2. The van der Waals surface area contributed by atoms with Gasteiger partial charge in [0.2, 0.25) is 5.91 Å². The number of carbonyl (C=O) groups is 3. The summed E-state index contributed by atoms with van der Waals surface area (Å²) in [6.45, 7) is 1.91. The summed E-state index contributed by atoms with van der Waals surface area (Å²) in [6, 6.07) is 0.0840. The number of carboxylic acids is 1. The number of aliphatic carboxylic acids is 1. The summed E-state index contributed by atoms with van der Waals surface area (Å²) in [7, 11) is 0. The van der Waals surface area contributed by atoms with Crippen LogP contribution in [-0.4, -0.2) is 47.0 Å². The van der Waals surface area contributed by atoms with Crippen LogP contribution in [0.1, 0.15) is 32.6 Å². The van der Waals surface area contributed by atoms with E-state index in [1.54, 1.807) is 6.92 Å². The first-order valence-electron chi connectivity index (χ1n) is 5.71. The van der Waals surface area contributed by atoms with Gasteiger partial charge in [-0.05, 0) is 19.8 Å². The molecule has 96 valence electrons. The van der Waals surface area contributed by atoms with E-state index in [0.717, 1.165) is 12.8 Å². The lowest BCUT2D eigenvalue weighted by Gasteiger charge is -2.20. The Balaban J connectivity index is 2.44. The maximum atomic E-state index is 11.7. The van der Waals surface area contributed by atoms with Crippen LogP contribution >= 0.6 is 0 Å². The molecule has 1 aliphatic carbocycles. The minimum absolute atomic E-state index is 0.0642. The van der Waals surface area contributed by atoms with Gasteiger partial charge in [-0.25, -0.2) is 0 Å². The highest BCUT2D eigenvalue weighted by Crippen LogP contribution is 2.27. The van der Waals surface area contributed by atoms with Crippen LogP contribution in [0.15, 0.2) is 0 Å². The second-order valence-electron chi connectivity index (χ2n) is 3.95. The Labute approximate surface area is 99.5 Å². The molecule has 1 amide bonds. The molecule has 1 rings (SSSR count). The van der Waals surface area contributed by atoms with Gasteiger partial charge in [0.25, 0.3) is 0 Å². The lowest BCUT2D eigenvalue weighted by atomic mass is 10.2. The molecule has 0 radical (unpaired) electrons. The molecule has 0 aromatic carbocycles. The summed E-state index contributed by atoms with van der Waals surface area (Å²) in [5.74, 6) is -1.74. The summed E-state index contributed by atoms with van der Waals surface area (Å²) < 4.78 is 4.78. The van der Waals surface area contributed by atoms with E-state index in [2.05, 4.69) is 0 Å². The van der Waals surface area contributed by atoms with Crippen molar-refractivity contribution >= 4 is 17.8 Å². The van der Waals surface area contributed by atoms with Crippen molar-refractivity contribution in [3.63, 3.8) is 0 Å². The zero-order chi connectivity index (χ0) is 12.8. The molecule has 0 atom stereocenters. The van der Waals surface area contributed by atoms with Crippen LogP contribution in [0.5, 0.6) is 0 Å². The van der Waals surface area contributed by atoms with Crippen molar-refractivity contribution in [1.29, 1.82) is 0 Å². The third kappa shape index (κ3) is 4.84. The highest BCUT2D eigenvalue weighted by molar-refractivity contribution is 5.84. The molecule has 0 spiro atoms. The number of hydrogen-bond donors (Lipinski definition) is 1. The second-order valence-corrected chi connectivity index (χ2v) is 3.95. The van der Waals surface area contributed by atoms with Gasteiger partial charge in [0, 0.05) is 12.5 Å². The number of esters is 1. The average Bonchev–Trinajstić information content (AvgIpc) is 3.06. The fourth-order valence-electron chi connectivity index (χ4n) is 1.51. The molecule has 1 saturated carbocycles. The maximum Gasteiger partial charge on any atom is 0.325 e. The average molecular weight is 243 g/mol. The molecule has 0 aliphatic heterocycles. The van der Waals surface area contributed by atoms with Gasteiger partial charge < -0.3 is 14.7 Å². The first kappa shape index (κ1) is 13.5. The molecule has 1 fully saturated rings. The summed E-state index contributed by atoms with van der Waals surface area (Å²) in [5.41, 5.74) is 0. The SMILES string of the molecule is CCOC(=O)CN(C(=O)CCC(=O)O)C1CC1. The van der Waals surface area contributed by atoms with E-state index in [4.69, 9.17) is 9.84 Å². The second kappa shape index (κ2) is 6.22. The van der Waals surface area contributed by atoms with Gasteiger partial charge in [-0.2, -0.15) is 0 Å². The third-order valence-electron chi connectivity index (χ3n) is 2.47. The van der Waals surface area contributed by atoms with E-state index < -0.39 is 11.9 Å². The minimum Gasteiger partial charge on any atom is -0.481 e. The Bertz CT molecular complexity index is 311. The molecule has 0 aromatic heterocycles. The summed E-state index contributed by atoms with van der Waals surface area (Å²) in [4.78, 5) is 34.8. The van der Waals surface area contributed by atoms with Crippen LogP contribution in [0.2, 0.25) is 0 Å². The summed E-state index contributed by atoms with van der Waals surface area (Å²) in [5, 5.41) is 8.50. The van der Waals surface area contributed by atoms with Crippen molar-refractivity contribution in [2.45, 2.75) is 38.6 Å². The van der Waals surface area contributed by atoms with Crippen LogP contribution < -0.4 is 0 Å². The Hall–Kier alpha value is -1.59. The van der Waals surface area contributed by atoms with Crippen molar-refractivity contribution in [3.8, 4) is 0 Å². The predicted molar refractivity (Wildman–Crippen MR) is 58.2 cm³/mol. The van der Waals surface area contributed by atoms with Crippen LogP contribution in [-0.2, 0) is 19.1 Å². The maximum absolute atomic E-state index is 11.7. The predicted octanol–water partition coefficient (Wildman–Crippen LogP) is 0.405. The van der Waals surface area contributed by atoms with Crippen LogP contribution in [0.3, 0.4) is 0 Å². The van der Waals surface area contributed by atoms with Gasteiger partial charge >= 0.3 is 11.9 Å². The third-order valence-corrected chi connectivity index (χ3v) is 2.47. The molecule has 0 saturated heterocycles. The van der Waals surface area contributed by atoms with Gasteiger partial charge in [0.05, 0.1) is 13.0 Å². The molecule has 17 heavy (non-hydrogen) atoms. The Morgan fingerprint density at radius 3 is 2.41 bits per heavy atom. The summed E-state index contributed by atoms with van der Waals surface area (Å²) >= 11 is 0. The van der Waals surface area contributed by atoms with Crippen LogP contribution in [0, 0.1) is 0 Å². The number of rotatable bonds is 7. The van der Waals surface area contributed by atoms with E-state index in [0.29, 0.717) is 0 Å². The Morgan fingerprint density at radius 2 is 1.94 bits per heavy atom. The number of amides is 1. The van der Waals surface area contributed by atoms with Crippen molar-refractivity contribution < 1.29 is 24.2 Å². The highest BCUT2D eigenvalue weighted by atomic mass is 16.5. The molecular weight excluding hydrogens is 226 g/mol. The lowest BCUT2D eigenvalue weighted by Crippen LogP contribution is -2.38. The zero-order valence-corrected chi connectivity index (χ0v) is 9.85. The normalized spacial score (nSPS) is 14.2. The smallest absolute Gasteiger partial charge is 0.325 e. The van der Waals surface area contributed by atoms with E-state index in [1.807, 2.05) is 0 Å². The fraction of sp³-hybridized carbons (Fsp3) is 0.727. The fourth-order valence-corrected chi connectivity index (χ4v) is 1.51. The van der Waals surface area contributed by atoms with Crippen LogP contribution in [0.25, 0.3) is 0 Å². The van der Waals surface area contributed by atoms with E-state index in [9.17, 15) is 14.4 Å². The van der Waals surface area contributed by atoms with Gasteiger partial charge in [0.1, 0.15) is 6.54 Å². The highest BCUT2D eigenvalue weighted by Gasteiger charge is 2.33. The first-order chi connectivity index (χ1) is 8.04. The minimum atomic E-state index is -1.01. The number of ether oxygens (including phenoxy) is 1. The molecule has 0 unspecified atom stereocenters. The van der Waals surface area contributed by atoms with E-state index >= 15 is 0 Å².